The fourth-order valence-electron chi connectivity index (χ4n) is 3.35. The van der Waals surface area contributed by atoms with E-state index < -0.39 is 0 Å². The van der Waals surface area contributed by atoms with Crippen molar-refractivity contribution in [3.63, 3.8) is 0 Å². The zero-order valence-electron chi connectivity index (χ0n) is 15.8. The fraction of sp³-hybridized carbons (Fsp3) is 0.381. The van der Waals surface area contributed by atoms with Crippen LogP contribution in [0.15, 0.2) is 30.7 Å². The molecule has 0 saturated carbocycles. The van der Waals surface area contributed by atoms with E-state index in [1.54, 1.807) is 20.4 Å². The van der Waals surface area contributed by atoms with Gasteiger partial charge in [0.25, 0.3) is 0 Å². The highest BCUT2D eigenvalue weighted by Crippen LogP contribution is 2.44. The summed E-state index contributed by atoms with van der Waals surface area (Å²) in [5.41, 5.74) is 4.85. The van der Waals surface area contributed by atoms with E-state index in [1.807, 2.05) is 23.7 Å². The van der Waals surface area contributed by atoms with Gasteiger partial charge >= 0.3 is 0 Å². The first-order valence-corrected chi connectivity index (χ1v) is 9.35. The summed E-state index contributed by atoms with van der Waals surface area (Å²) in [5.74, 6) is 1.57. The third kappa shape index (κ3) is 3.38. The molecule has 1 aromatic carbocycles. The first-order valence-electron chi connectivity index (χ1n) is 8.97. The van der Waals surface area contributed by atoms with Crippen LogP contribution >= 0.6 is 11.6 Å². The Balaban J connectivity index is 2.22. The maximum atomic E-state index is 6.48. The Labute approximate surface area is 159 Å². The lowest BCUT2D eigenvalue weighted by molar-refractivity contribution is 0.396. The van der Waals surface area contributed by atoms with Gasteiger partial charge in [0.2, 0.25) is 0 Å². The Hall–Kier alpha value is -2.20. The molecule has 0 bridgehead atoms. The highest BCUT2D eigenvalue weighted by molar-refractivity contribution is 6.31. The van der Waals surface area contributed by atoms with Gasteiger partial charge in [-0.25, -0.2) is 4.98 Å². The number of aromatic nitrogens is 2. The number of aryl methyl sites for hydroxylation is 1. The molecule has 0 N–H and O–H groups in total. The lowest BCUT2D eigenvalue weighted by Gasteiger charge is -2.18. The molecule has 0 unspecified atom stereocenters. The Bertz CT molecular complexity index is 893. The van der Waals surface area contributed by atoms with Crippen molar-refractivity contribution >= 4 is 17.2 Å². The Morgan fingerprint density at radius 2 is 1.77 bits per heavy atom. The van der Waals surface area contributed by atoms with Crippen molar-refractivity contribution < 1.29 is 9.47 Å². The second kappa shape index (κ2) is 8.00. The number of halogens is 1. The number of unbranched alkanes of at least 4 members (excludes halogenated alkanes) is 2. The van der Waals surface area contributed by atoms with E-state index in [0.717, 1.165) is 46.7 Å². The molecule has 26 heavy (non-hydrogen) atoms. The second-order valence-corrected chi connectivity index (χ2v) is 6.87. The van der Waals surface area contributed by atoms with E-state index in [-0.39, 0.29) is 0 Å². The third-order valence-electron chi connectivity index (χ3n) is 4.76. The summed E-state index contributed by atoms with van der Waals surface area (Å²) >= 11 is 6.48. The Morgan fingerprint density at radius 1 is 1.08 bits per heavy atom. The molecule has 0 fully saturated rings. The lowest BCUT2D eigenvalue weighted by atomic mass is 9.96. The number of hydrogen-bond donors (Lipinski definition) is 0. The molecular formula is C21H25ClN2O2. The van der Waals surface area contributed by atoms with E-state index in [2.05, 4.69) is 24.0 Å². The van der Waals surface area contributed by atoms with Crippen LogP contribution in [0.25, 0.3) is 16.8 Å². The quantitative estimate of drug-likeness (QED) is 0.498. The molecule has 3 aromatic rings. The molecular weight excluding hydrogens is 348 g/mol. The van der Waals surface area contributed by atoms with Crippen LogP contribution < -0.4 is 9.47 Å². The molecule has 3 rings (SSSR count). The first-order chi connectivity index (χ1) is 12.6. The molecule has 0 aliphatic rings. The summed E-state index contributed by atoms with van der Waals surface area (Å²) in [6.07, 6.45) is 10.1. The zero-order valence-corrected chi connectivity index (χ0v) is 16.6. The van der Waals surface area contributed by atoms with Gasteiger partial charge in [0.05, 0.1) is 24.8 Å². The summed E-state index contributed by atoms with van der Waals surface area (Å²) in [7, 11) is 3.38. The predicted molar refractivity (Wildman–Crippen MR) is 107 cm³/mol. The normalized spacial score (nSPS) is 11.1. The molecule has 0 spiro atoms. The first kappa shape index (κ1) is 18.6. The number of ether oxygens (including phenoxy) is 2. The number of pyridine rings is 1. The highest BCUT2D eigenvalue weighted by atomic mass is 35.5. The van der Waals surface area contributed by atoms with E-state index in [0.29, 0.717) is 5.02 Å². The van der Waals surface area contributed by atoms with Gasteiger partial charge in [-0.2, -0.15) is 0 Å². The molecule has 2 heterocycles. The minimum Gasteiger partial charge on any atom is -0.496 e. The van der Waals surface area contributed by atoms with Crippen molar-refractivity contribution in [2.75, 3.05) is 14.2 Å². The fourth-order valence-corrected chi connectivity index (χ4v) is 3.55. The average Bonchev–Trinajstić information content (AvgIpc) is 3.10. The molecule has 0 radical (unpaired) electrons. The van der Waals surface area contributed by atoms with Crippen LogP contribution in [0.1, 0.15) is 37.3 Å². The van der Waals surface area contributed by atoms with Crippen molar-refractivity contribution in [2.24, 2.45) is 0 Å². The van der Waals surface area contributed by atoms with Crippen molar-refractivity contribution in [2.45, 2.75) is 39.5 Å². The van der Waals surface area contributed by atoms with Crippen molar-refractivity contribution in [3.05, 3.63) is 46.9 Å². The van der Waals surface area contributed by atoms with Gasteiger partial charge in [-0.1, -0.05) is 31.4 Å². The van der Waals surface area contributed by atoms with Gasteiger partial charge in [0, 0.05) is 24.2 Å². The number of hydrogen-bond acceptors (Lipinski definition) is 3. The van der Waals surface area contributed by atoms with Crippen molar-refractivity contribution in [3.8, 4) is 22.6 Å². The van der Waals surface area contributed by atoms with Crippen LogP contribution in [-0.2, 0) is 6.42 Å². The van der Waals surface area contributed by atoms with Crippen LogP contribution in [-0.4, -0.2) is 23.6 Å². The second-order valence-electron chi connectivity index (χ2n) is 6.47. The van der Waals surface area contributed by atoms with E-state index >= 15 is 0 Å². The van der Waals surface area contributed by atoms with Crippen LogP contribution in [0.2, 0.25) is 5.02 Å². The van der Waals surface area contributed by atoms with Gasteiger partial charge < -0.3 is 13.9 Å². The van der Waals surface area contributed by atoms with Gasteiger partial charge in [-0.3, -0.25) is 0 Å². The maximum absolute atomic E-state index is 6.48. The summed E-state index contributed by atoms with van der Waals surface area (Å²) < 4.78 is 13.4. The highest BCUT2D eigenvalue weighted by Gasteiger charge is 2.21. The SMILES string of the molecule is CCCCCc1cc(OC)c(-c2c(C)c(Cl)cn3ccnc23)c(OC)c1. The zero-order chi connectivity index (χ0) is 18.7. The number of nitrogens with zero attached hydrogens (tertiary/aromatic N) is 2. The number of rotatable bonds is 7. The summed E-state index contributed by atoms with van der Waals surface area (Å²) in [5, 5.41) is 0.682. The van der Waals surface area contributed by atoms with Crippen LogP contribution in [0.4, 0.5) is 0 Å². The van der Waals surface area contributed by atoms with Gasteiger partial charge in [-0.05, 0) is 43.0 Å². The van der Waals surface area contributed by atoms with Gasteiger partial charge in [0.15, 0.2) is 0 Å². The molecule has 0 atom stereocenters. The summed E-state index contributed by atoms with van der Waals surface area (Å²) in [6.45, 7) is 4.21. The summed E-state index contributed by atoms with van der Waals surface area (Å²) in [4.78, 5) is 4.52. The van der Waals surface area contributed by atoms with Crippen molar-refractivity contribution in [1.82, 2.24) is 9.38 Å². The average molecular weight is 373 g/mol. The molecule has 4 nitrogen and oxygen atoms in total. The smallest absolute Gasteiger partial charge is 0.145 e. The van der Waals surface area contributed by atoms with Gasteiger partial charge in [-0.15, -0.1) is 0 Å². The molecule has 0 amide bonds. The number of imidazole rings is 1. The van der Waals surface area contributed by atoms with E-state index in [9.17, 15) is 0 Å². The predicted octanol–water partition coefficient (Wildman–Crippen LogP) is 5.71. The van der Waals surface area contributed by atoms with E-state index in [1.165, 1.54) is 18.4 Å². The van der Waals surface area contributed by atoms with Crippen LogP contribution in [0, 0.1) is 6.92 Å². The molecule has 2 aromatic heterocycles. The molecule has 0 aliphatic heterocycles. The third-order valence-corrected chi connectivity index (χ3v) is 5.14. The molecule has 5 heteroatoms. The maximum Gasteiger partial charge on any atom is 0.145 e. The molecule has 0 aliphatic carbocycles. The lowest BCUT2D eigenvalue weighted by Crippen LogP contribution is -2.00. The number of methoxy groups -OCH3 is 2. The molecule has 0 saturated heterocycles. The number of fused-ring (bicyclic) bond motifs is 1. The minimum atomic E-state index is 0.682. The summed E-state index contributed by atoms with van der Waals surface area (Å²) in [6, 6.07) is 4.21. The number of benzene rings is 1. The van der Waals surface area contributed by atoms with E-state index in [4.69, 9.17) is 21.1 Å². The largest absolute Gasteiger partial charge is 0.496 e. The topological polar surface area (TPSA) is 35.8 Å². The minimum absolute atomic E-state index is 0.682. The van der Waals surface area contributed by atoms with Crippen molar-refractivity contribution in [1.29, 1.82) is 0 Å². The van der Waals surface area contributed by atoms with Crippen LogP contribution in [0.3, 0.4) is 0 Å². The monoisotopic (exact) mass is 372 g/mol. The Morgan fingerprint density at radius 3 is 2.38 bits per heavy atom. The van der Waals surface area contributed by atoms with Crippen LogP contribution in [0.5, 0.6) is 11.5 Å². The van der Waals surface area contributed by atoms with Gasteiger partial charge in [0.1, 0.15) is 17.1 Å². The Kier molecular flexibility index (Phi) is 5.72. The molecule has 138 valence electrons. The standard InChI is InChI=1S/C21H25ClN2O2/c1-5-6-7-8-15-11-17(25-3)20(18(12-15)26-4)19-14(2)16(22)13-24-10-9-23-21(19)24/h9-13H,5-8H2,1-4H3.